The van der Waals surface area contributed by atoms with Crippen LogP contribution in [0.25, 0.3) is 0 Å². The maximum Gasteiger partial charge on any atom is 0.407 e. The Balaban J connectivity index is 2.02. The highest BCUT2D eigenvalue weighted by Gasteiger charge is 2.23. The maximum absolute atomic E-state index is 12.3. The standard InChI is InChI=1S/C18H19NO5/c1-23-18(22)19-16(11-13-7-9-15(20)10-8-13)17(21)24-12-14-5-3-2-4-6-14/h2-10,16,20H,11-12H2,1H3,(H,19,22)/t16-/m0/s1. The molecule has 2 rings (SSSR count). The lowest BCUT2D eigenvalue weighted by molar-refractivity contribution is -0.147. The van der Waals surface area contributed by atoms with Crippen LogP contribution in [0.5, 0.6) is 5.75 Å². The molecule has 2 N–H and O–H groups in total. The topological polar surface area (TPSA) is 84.9 Å². The number of aromatic hydroxyl groups is 1. The molecule has 126 valence electrons. The Hall–Kier alpha value is -3.02. The van der Waals surface area contributed by atoms with Crippen molar-refractivity contribution < 1.29 is 24.2 Å². The van der Waals surface area contributed by atoms with Crippen LogP contribution in [0.4, 0.5) is 4.79 Å². The summed E-state index contributed by atoms with van der Waals surface area (Å²) in [7, 11) is 1.22. The Morgan fingerprint density at radius 2 is 1.71 bits per heavy atom. The van der Waals surface area contributed by atoms with E-state index in [1.54, 1.807) is 12.1 Å². The van der Waals surface area contributed by atoms with Crippen molar-refractivity contribution in [3.63, 3.8) is 0 Å². The molecule has 0 aliphatic carbocycles. The van der Waals surface area contributed by atoms with Crippen LogP contribution >= 0.6 is 0 Å². The molecule has 0 bridgehead atoms. The molecule has 0 unspecified atom stereocenters. The van der Waals surface area contributed by atoms with E-state index in [0.717, 1.165) is 11.1 Å². The summed E-state index contributed by atoms with van der Waals surface area (Å²) in [5.41, 5.74) is 1.62. The van der Waals surface area contributed by atoms with Gasteiger partial charge in [0, 0.05) is 6.42 Å². The van der Waals surface area contributed by atoms with Gasteiger partial charge in [-0.25, -0.2) is 9.59 Å². The summed E-state index contributed by atoms with van der Waals surface area (Å²) in [5, 5.41) is 11.8. The highest BCUT2D eigenvalue weighted by atomic mass is 16.5. The summed E-state index contributed by atoms with van der Waals surface area (Å²) in [6.45, 7) is 0.120. The number of amides is 1. The number of phenolic OH excluding ortho intramolecular Hbond substituents is 1. The van der Waals surface area contributed by atoms with Crippen LogP contribution in [0.3, 0.4) is 0 Å². The van der Waals surface area contributed by atoms with Crippen LogP contribution in [0.15, 0.2) is 54.6 Å². The van der Waals surface area contributed by atoms with E-state index in [0.29, 0.717) is 0 Å². The number of carbonyl (C=O) groups is 2. The molecule has 0 radical (unpaired) electrons. The number of hydrogen-bond acceptors (Lipinski definition) is 5. The van der Waals surface area contributed by atoms with E-state index in [4.69, 9.17) is 4.74 Å². The van der Waals surface area contributed by atoms with Crippen LogP contribution in [-0.4, -0.2) is 30.3 Å². The average Bonchev–Trinajstić information content (AvgIpc) is 2.61. The number of alkyl carbamates (subject to hydrolysis) is 1. The van der Waals surface area contributed by atoms with Crippen molar-refractivity contribution in [2.24, 2.45) is 0 Å². The number of ether oxygens (including phenoxy) is 2. The summed E-state index contributed by atoms with van der Waals surface area (Å²) in [5.74, 6) is -0.430. The highest BCUT2D eigenvalue weighted by Crippen LogP contribution is 2.12. The second-order valence-corrected chi connectivity index (χ2v) is 5.15. The first-order valence-electron chi connectivity index (χ1n) is 7.41. The Labute approximate surface area is 140 Å². The third-order valence-corrected chi connectivity index (χ3v) is 3.36. The fourth-order valence-electron chi connectivity index (χ4n) is 2.09. The van der Waals surface area contributed by atoms with E-state index < -0.39 is 18.1 Å². The number of benzene rings is 2. The van der Waals surface area contributed by atoms with Gasteiger partial charge in [-0.15, -0.1) is 0 Å². The van der Waals surface area contributed by atoms with Crippen molar-refractivity contribution in [2.45, 2.75) is 19.1 Å². The Bertz CT molecular complexity index is 670. The summed E-state index contributed by atoms with van der Waals surface area (Å²) in [6.07, 6.45) is -0.487. The molecule has 1 atom stereocenters. The predicted molar refractivity (Wildman–Crippen MR) is 87.4 cm³/mol. The lowest BCUT2D eigenvalue weighted by Crippen LogP contribution is -2.43. The number of nitrogens with one attached hydrogen (secondary N) is 1. The minimum Gasteiger partial charge on any atom is -0.508 e. The highest BCUT2D eigenvalue weighted by molar-refractivity contribution is 5.81. The van der Waals surface area contributed by atoms with Gasteiger partial charge in [0.25, 0.3) is 0 Å². The zero-order chi connectivity index (χ0) is 17.4. The van der Waals surface area contributed by atoms with Gasteiger partial charge in [-0.05, 0) is 23.3 Å². The number of methoxy groups -OCH3 is 1. The molecular formula is C18H19NO5. The van der Waals surface area contributed by atoms with Gasteiger partial charge >= 0.3 is 12.1 Å². The Kier molecular flexibility index (Phi) is 6.19. The quantitative estimate of drug-likeness (QED) is 0.795. The van der Waals surface area contributed by atoms with Crippen LogP contribution in [-0.2, 0) is 27.3 Å². The first kappa shape index (κ1) is 17.3. The molecule has 2 aromatic carbocycles. The fraction of sp³-hybridized carbons (Fsp3) is 0.222. The lowest BCUT2D eigenvalue weighted by Gasteiger charge is -2.17. The molecule has 0 spiro atoms. The van der Waals surface area contributed by atoms with Gasteiger partial charge in [0.2, 0.25) is 0 Å². The zero-order valence-electron chi connectivity index (χ0n) is 13.3. The molecule has 6 heteroatoms. The molecule has 0 aliphatic heterocycles. The van der Waals surface area contributed by atoms with Gasteiger partial charge < -0.3 is 19.9 Å². The van der Waals surface area contributed by atoms with Gasteiger partial charge in [-0.3, -0.25) is 0 Å². The van der Waals surface area contributed by atoms with Crippen molar-refractivity contribution >= 4 is 12.1 Å². The van der Waals surface area contributed by atoms with E-state index in [9.17, 15) is 14.7 Å². The third kappa shape index (κ3) is 5.31. The first-order valence-corrected chi connectivity index (χ1v) is 7.41. The van der Waals surface area contributed by atoms with Gasteiger partial charge in [-0.1, -0.05) is 42.5 Å². The molecule has 0 aliphatic rings. The molecule has 0 fully saturated rings. The number of rotatable bonds is 6. The SMILES string of the molecule is COC(=O)N[C@@H](Cc1ccc(O)cc1)C(=O)OCc1ccccc1. The Morgan fingerprint density at radius 1 is 1.04 bits per heavy atom. The molecule has 6 nitrogen and oxygen atoms in total. The van der Waals surface area contributed by atoms with Crippen molar-refractivity contribution in [1.29, 1.82) is 0 Å². The van der Waals surface area contributed by atoms with Crippen molar-refractivity contribution in [2.75, 3.05) is 7.11 Å². The fourth-order valence-corrected chi connectivity index (χ4v) is 2.09. The van der Waals surface area contributed by atoms with Gasteiger partial charge in [0.05, 0.1) is 7.11 Å². The van der Waals surface area contributed by atoms with Crippen LogP contribution in [0.1, 0.15) is 11.1 Å². The monoisotopic (exact) mass is 329 g/mol. The molecule has 24 heavy (non-hydrogen) atoms. The molecule has 0 saturated carbocycles. The van der Waals surface area contributed by atoms with Crippen LogP contribution in [0.2, 0.25) is 0 Å². The van der Waals surface area contributed by atoms with E-state index in [1.807, 2.05) is 30.3 Å². The second-order valence-electron chi connectivity index (χ2n) is 5.15. The molecule has 2 aromatic rings. The van der Waals surface area contributed by atoms with Crippen molar-refractivity contribution in [3.8, 4) is 5.75 Å². The largest absolute Gasteiger partial charge is 0.508 e. The number of carbonyl (C=O) groups excluding carboxylic acids is 2. The van der Waals surface area contributed by atoms with Crippen LogP contribution in [0, 0.1) is 0 Å². The average molecular weight is 329 g/mol. The minimum atomic E-state index is -0.884. The third-order valence-electron chi connectivity index (χ3n) is 3.36. The Morgan fingerprint density at radius 3 is 2.33 bits per heavy atom. The number of esters is 1. The van der Waals surface area contributed by atoms with Gasteiger partial charge in [0.1, 0.15) is 18.4 Å². The molecule has 1 amide bonds. The number of phenols is 1. The smallest absolute Gasteiger partial charge is 0.407 e. The molecule has 0 saturated heterocycles. The number of hydrogen-bond donors (Lipinski definition) is 2. The first-order chi connectivity index (χ1) is 11.6. The summed E-state index contributed by atoms with van der Waals surface area (Å²) >= 11 is 0. The van der Waals surface area contributed by atoms with E-state index in [2.05, 4.69) is 10.1 Å². The van der Waals surface area contributed by atoms with Crippen molar-refractivity contribution in [1.82, 2.24) is 5.32 Å². The molecular weight excluding hydrogens is 310 g/mol. The maximum atomic E-state index is 12.3. The van der Waals surface area contributed by atoms with E-state index >= 15 is 0 Å². The second kappa shape index (κ2) is 8.57. The summed E-state index contributed by atoms with van der Waals surface area (Å²) in [4.78, 5) is 23.8. The summed E-state index contributed by atoms with van der Waals surface area (Å²) < 4.78 is 9.83. The van der Waals surface area contributed by atoms with Gasteiger partial charge in [-0.2, -0.15) is 0 Å². The lowest BCUT2D eigenvalue weighted by atomic mass is 10.1. The zero-order valence-corrected chi connectivity index (χ0v) is 13.3. The molecule has 0 heterocycles. The summed E-state index contributed by atoms with van der Waals surface area (Å²) in [6, 6.07) is 14.7. The predicted octanol–water partition coefficient (Wildman–Crippen LogP) is 2.40. The minimum absolute atomic E-state index is 0.120. The van der Waals surface area contributed by atoms with Crippen molar-refractivity contribution in [3.05, 3.63) is 65.7 Å². The van der Waals surface area contributed by atoms with E-state index in [1.165, 1.54) is 19.2 Å². The van der Waals surface area contributed by atoms with Crippen LogP contribution < -0.4 is 5.32 Å². The molecule has 0 aromatic heterocycles. The van der Waals surface area contributed by atoms with Gasteiger partial charge in [0.15, 0.2) is 0 Å². The van der Waals surface area contributed by atoms with E-state index in [-0.39, 0.29) is 18.8 Å². The normalized spacial score (nSPS) is 11.4.